The Morgan fingerprint density at radius 3 is 2.61 bits per heavy atom. The van der Waals surface area contributed by atoms with E-state index in [9.17, 15) is 4.79 Å². The van der Waals surface area contributed by atoms with Gasteiger partial charge in [0.1, 0.15) is 0 Å². The second-order valence-electron chi connectivity index (χ2n) is 8.38. The maximum absolute atomic E-state index is 12.8. The minimum absolute atomic E-state index is 0. The standard InChI is InChI=1S/C22H30N4O.ClH/c1-15(20-12-24-26(14-20)13-16-6-3-2-4-7-16)25-22(27)19-10-17-8-5-9-18(11-19)21(17)23;/h2-4,6-7,12,14-15,17-19,21H,5,8-11,13,23H2,1H3,(H,25,27);1H. The molecule has 3 unspecified atom stereocenters. The van der Waals surface area contributed by atoms with Crippen molar-refractivity contribution in [3.05, 3.63) is 53.9 Å². The molecule has 6 heteroatoms. The van der Waals surface area contributed by atoms with Crippen LogP contribution >= 0.6 is 12.4 Å². The molecule has 3 N–H and O–H groups in total. The smallest absolute Gasteiger partial charge is 0.223 e. The molecule has 28 heavy (non-hydrogen) atoms. The van der Waals surface area contributed by atoms with Crippen LogP contribution in [0.15, 0.2) is 42.7 Å². The number of benzene rings is 1. The minimum atomic E-state index is -0.0301. The molecule has 0 spiro atoms. The summed E-state index contributed by atoms with van der Waals surface area (Å²) in [5, 5.41) is 7.67. The normalized spacial score (nSPS) is 27.5. The zero-order chi connectivity index (χ0) is 18.8. The van der Waals surface area contributed by atoms with Gasteiger partial charge in [-0.3, -0.25) is 9.48 Å². The van der Waals surface area contributed by atoms with Crippen LogP contribution in [0.25, 0.3) is 0 Å². The van der Waals surface area contributed by atoms with E-state index in [1.807, 2.05) is 42.2 Å². The fraction of sp³-hybridized carbons (Fsp3) is 0.545. The van der Waals surface area contributed by atoms with E-state index in [1.165, 1.54) is 24.8 Å². The molecule has 1 aromatic carbocycles. The average Bonchev–Trinajstić information content (AvgIpc) is 3.11. The quantitative estimate of drug-likeness (QED) is 0.801. The van der Waals surface area contributed by atoms with Crippen LogP contribution in [0, 0.1) is 17.8 Å². The Hall–Kier alpha value is -1.85. The van der Waals surface area contributed by atoms with E-state index in [1.54, 1.807) is 0 Å². The molecule has 2 aliphatic carbocycles. The molecule has 0 aliphatic heterocycles. The Morgan fingerprint density at radius 1 is 1.25 bits per heavy atom. The highest BCUT2D eigenvalue weighted by atomic mass is 35.5. The third-order valence-electron chi connectivity index (χ3n) is 6.48. The first kappa shape index (κ1) is 20.9. The summed E-state index contributed by atoms with van der Waals surface area (Å²) in [6, 6.07) is 10.5. The lowest BCUT2D eigenvalue weighted by Crippen LogP contribution is -2.49. The number of aromatic nitrogens is 2. The number of fused-ring (bicyclic) bond motifs is 2. The molecular formula is C22H31ClN4O. The molecule has 2 saturated carbocycles. The molecule has 1 amide bonds. The Kier molecular flexibility index (Phi) is 6.78. The highest BCUT2D eigenvalue weighted by Gasteiger charge is 2.40. The van der Waals surface area contributed by atoms with Crippen molar-refractivity contribution < 1.29 is 4.79 Å². The number of amides is 1. The van der Waals surface area contributed by atoms with Crippen molar-refractivity contribution in [1.29, 1.82) is 0 Å². The summed E-state index contributed by atoms with van der Waals surface area (Å²) in [4.78, 5) is 12.8. The van der Waals surface area contributed by atoms with Crippen LogP contribution in [0.2, 0.25) is 0 Å². The Morgan fingerprint density at radius 2 is 1.93 bits per heavy atom. The number of nitrogens with zero attached hydrogens (tertiary/aromatic N) is 2. The first-order valence-corrected chi connectivity index (χ1v) is 10.2. The summed E-state index contributed by atoms with van der Waals surface area (Å²) in [5.41, 5.74) is 8.63. The van der Waals surface area contributed by atoms with Crippen molar-refractivity contribution in [2.75, 3.05) is 0 Å². The van der Waals surface area contributed by atoms with E-state index in [2.05, 4.69) is 22.5 Å². The van der Waals surface area contributed by atoms with E-state index in [0.29, 0.717) is 17.9 Å². The maximum atomic E-state index is 12.8. The zero-order valence-electron chi connectivity index (χ0n) is 16.5. The number of hydrogen-bond acceptors (Lipinski definition) is 3. The van der Waals surface area contributed by atoms with E-state index in [0.717, 1.165) is 24.9 Å². The summed E-state index contributed by atoms with van der Waals surface area (Å²) in [6.07, 6.45) is 9.43. The van der Waals surface area contributed by atoms with Crippen LogP contribution in [0.1, 0.15) is 56.2 Å². The molecule has 3 atom stereocenters. The summed E-state index contributed by atoms with van der Waals surface area (Å²) in [5.74, 6) is 1.35. The number of rotatable bonds is 5. The largest absolute Gasteiger partial charge is 0.349 e. The average molecular weight is 403 g/mol. The van der Waals surface area contributed by atoms with Crippen LogP contribution < -0.4 is 11.1 Å². The van der Waals surface area contributed by atoms with Crippen LogP contribution in [0.5, 0.6) is 0 Å². The van der Waals surface area contributed by atoms with Crippen molar-refractivity contribution in [2.45, 2.75) is 57.7 Å². The monoisotopic (exact) mass is 402 g/mol. The lowest BCUT2D eigenvalue weighted by atomic mass is 9.65. The molecule has 0 radical (unpaired) electrons. The van der Waals surface area contributed by atoms with Crippen molar-refractivity contribution in [2.24, 2.45) is 23.5 Å². The minimum Gasteiger partial charge on any atom is -0.349 e. The SMILES string of the molecule is CC(NC(=O)C1CC2CCCC(C1)C2N)c1cnn(Cc2ccccc2)c1.Cl. The van der Waals surface area contributed by atoms with Crippen LogP contribution in [0.3, 0.4) is 0 Å². The van der Waals surface area contributed by atoms with Crippen LogP contribution in [0.4, 0.5) is 0 Å². The number of halogens is 1. The highest BCUT2D eigenvalue weighted by Crippen LogP contribution is 2.42. The summed E-state index contributed by atoms with van der Waals surface area (Å²) in [7, 11) is 0. The number of nitrogens with two attached hydrogens (primary N) is 1. The molecular weight excluding hydrogens is 372 g/mol. The topological polar surface area (TPSA) is 72.9 Å². The number of hydrogen-bond donors (Lipinski definition) is 2. The second kappa shape index (κ2) is 9.10. The number of carbonyl (C=O) groups excluding carboxylic acids is 1. The summed E-state index contributed by atoms with van der Waals surface area (Å²) in [6.45, 7) is 2.78. The molecule has 2 aromatic rings. The maximum Gasteiger partial charge on any atom is 0.223 e. The third kappa shape index (κ3) is 4.58. The second-order valence-corrected chi connectivity index (χ2v) is 8.38. The van der Waals surface area contributed by atoms with Crippen LogP contribution in [-0.2, 0) is 11.3 Å². The van der Waals surface area contributed by atoms with Gasteiger partial charge < -0.3 is 11.1 Å². The predicted molar refractivity (Wildman–Crippen MR) is 113 cm³/mol. The Bertz CT molecular complexity index is 764. The molecule has 2 bridgehead atoms. The van der Waals surface area contributed by atoms with Crippen molar-refractivity contribution in [1.82, 2.24) is 15.1 Å². The van der Waals surface area contributed by atoms with Gasteiger partial charge in [0, 0.05) is 23.7 Å². The Balaban J connectivity index is 0.00000225. The molecule has 152 valence electrons. The van der Waals surface area contributed by atoms with Gasteiger partial charge in [-0.05, 0) is 50.0 Å². The number of nitrogens with one attached hydrogen (secondary N) is 1. The van der Waals surface area contributed by atoms with Gasteiger partial charge in [0.05, 0.1) is 18.8 Å². The summed E-state index contributed by atoms with van der Waals surface area (Å²) < 4.78 is 1.93. The van der Waals surface area contributed by atoms with Crippen molar-refractivity contribution in [3.8, 4) is 0 Å². The van der Waals surface area contributed by atoms with Gasteiger partial charge in [0.25, 0.3) is 0 Å². The van der Waals surface area contributed by atoms with E-state index in [-0.39, 0.29) is 30.3 Å². The fourth-order valence-corrected chi connectivity index (χ4v) is 4.88. The van der Waals surface area contributed by atoms with Gasteiger partial charge in [-0.2, -0.15) is 5.10 Å². The Labute approximate surface area is 173 Å². The number of carbonyl (C=O) groups is 1. The molecule has 0 saturated heterocycles. The van der Waals surface area contributed by atoms with Gasteiger partial charge in [-0.1, -0.05) is 36.8 Å². The molecule has 2 aliphatic rings. The van der Waals surface area contributed by atoms with E-state index < -0.39 is 0 Å². The van der Waals surface area contributed by atoms with Crippen molar-refractivity contribution in [3.63, 3.8) is 0 Å². The molecule has 2 fully saturated rings. The van der Waals surface area contributed by atoms with Gasteiger partial charge in [-0.15, -0.1) is 12.4 Å². The fourth-order valence-electron chi connectivity index (χ4n) is 4.88. The molecule has 1 aromatic heterocycles. The van der Waals surface area contributed by atoms with Gasteiger partial charge >= 0.3 is 0 Å². The van der Waals surface area contributed by atoms with Crippen LogP contribution in [-0.4, -0.2) is 21.7 Å². The predicted octanol–water partition coefficient (Wildman–Crippen LogP) is 3.68. The first-order valence-electron chi connectivity index (χ1n) is 10.2. The third-order valence-corrected chi connectivity index (χ3v) is 6.48. The lowest BCUT2D eigenvalue weighted by Gasteiger charge is -2.43. The summed E-state index contributed by atoms with van der Waals surface area (Å²) >= 11 is 0. The van der Waals surface area contributed by atoms with Gasteiger partial charge in [0.2, 0.25) is 5.91 Å². The first-order chi connectivity index (χ1) is 13.1. The van der Waals surface area contributed by atoms with Crippen molar-refractivity contribution >= 4 is 18.3 Å². The van der Waals surface area contributed by atoms with E-state index >= 15 is 0 Å². The van der Waals surface area contributed by atoms with Gasteiger partial charge in [0.15, 0.2) is 0 Å². The van der Waals surface area contributed by atoms with Gasteiger partial charge in [-0.25, -0.2) is 0 Å². The van der Waals surface area contributed by atoms with E-state index in [4.69, 9.17) is 5.73 Å². The zero-order valence-corrected chi connectivity index (χ0v) is 17.3. The lowest BCUT2D eigenvalue weighted by molar-refractivity contribution is -0.128. The highest BCUT2D eigenvalue weighted by molar-refractivity contribution is 5.85. The molecule has 5 nitrogen and oxygen atoms in total. The molecule has 1 heterocycles. The molecule has 4 rings (SSSR count).